The van der Waals surface area contributed by atoms with Crippen molar-refractivity contribution in [3.05, 3.63) is 259 Å². The van der Waals surface area contributed by atoms with Gasteiger partial charge in [0.1, 0.15) is 26.1 Å². The first kappa shape index (κ1) is 87.6. The Kier molecular flexibility index (Phi) is 32.1. The van der Waals surface area contributed by atoms with Crippen LogP contribution >= 0.6 is 71.5 Å². The second kappa shape index (κ2) is 41.1. The molecule has 586 valence electrons. The number of piperazine rings is 3. The van der Waals surface area contributed by atoms with E-state index in [1.807, 2.05) is 30.9 Å². The van der Waals surface area contributed by atoms with Crippen molar-refractivity contribution >= 4 is 180 Å². The number of aromatic carboxylic acids is 1. The van der Waals surface area contributed by atoms with Crippen molar-refractivity contribution in [2.24, 2.45) is 0 Å². The quantitative estimate of drug-likeness (QED) is 0.0393. The van der Waals surface area contributed by atoms with Crippen LogP contribution in [0.25, 0.3) is 32.7 Å². The molecule has 0 radical (unpaired) electrons. The monoisotopic (exact) mass is 1970 g/mol. The fourth-order valence-corrected chi connectivity index (χ4v) is 16.3. The summed E-state index contributed by atoms with van der Waals surface area (Å²) in [6.45, 7) is 16.6. The standard InChI is InChI=1S/C28H27N5O4S.C22H24N4O3S.C16H12N2O4S.C6H4ClNO.C6H14N2.3HI.V/c1-19-17-32(18-20(2)33(19)28(35)24-9-3-4-15-29-24)27(34)22-11-13-23(14-12-22)31-38(36,37)25-10-5-7-21-8-6-16-30-26(21)25;1-15-13-26(14-16(2)24-15)22(27)18-8-10-19(11-9-18)25-30(28,29)20-7-3-5-17-6-4-12-23-21(17)20;19-16(20)12-6-8-13(9-7-12)18-23(21,22)14-5-1-3-11-4-2-10-17-15(11)14;7-6(9)5-3-1-2-4-8-5;1-5-3-7-4-6(2)8-5;;;;/h3-16,19-20,31H,17-18H2,1-2H3;3-12,15-16,24-25H,13-14H2,1-2H3;1-10,18H,(H,19,20);1-4H;5-8H,3-4H2,1-2H3;3*1H;/q;;;;;;;;+3/p-3. The van der Waals surface area contributed by atoms with Crippen LogP contribution in [0.2, 0.25) is 0 Å². The molecule has 7 N–H and O–H groups in total. The number of carbonyl (C=O) groups excluding carboxylic acids is 4. The molecule has 3 aliphatic heterocycles. The summed E-state index contributed by atoms with van der Waals surface area (Å²) in [5, 5.41) is 20.7. The van der Waals surface area contributed by atoms with E-state index < -0.39 is 41.3 Å². The van der Waals surface area contributed by atoms with E-state index in [9.17, 15) is 49.2 Å². The van der Waals surface area contributed by atoms with Gasteiger partial charge in [-0.05, 0) is 187 Å². The molecule has 6 aromatic carbocycles. The van der Waals surface area contributed by atoms with Gasteiger partial charge in [0.25, 0.3) is 53.0 Å². The minimum atomic E-state index is -3.90. The van der Waals surface area contributed by atoms with Gasteiger partial charge in [-0.1, -0.05) is 66.7 Å². The minimum absolute atomic E-state index is 0.0529. The van der Waals surface area contributed by atoms with E-state index in [-0.39, 0.29) is 72.7 Å². The van der Waals surface area contributed by atoms with Gasteiger partial charge in [-0.15, -0.1) is 0 Å². The van der Waals surface area contributed by atoms with E-state index in [0.29, 0.717) is 88.7 Å². The fraction of sp³-hybridized carbons (Fsp3) is 0.231. The number of pyridine rings is 5. The number of aromatic nitrogens is 5. The van der Waals surface area contributed by atoms with Gasteiger partial charge >= 0.3 is 70.8 Å². The molecule has 3 saturated heterocycles. The Morgan fingerprint density at radius 2 is 0.732 bits per heavy atom. The van der Waals surface area contributed by atoms with Crippen LogP contribution in [-0.4, -0.2) is 174 Å². The fourth-order valence-electron chi connectivity index (χ4n) is 12.5. The van der Waals surface area contributed by atoms with Gasteiger partial charge in [0, 0.05) is 151 Å². The van der Waals surface area contributed by atoms with Gasteiger partial charge in [0.15, 0.2) is 0 Å². The van der Waals surface area contributed by atoms with Crippen LogP contribution in [0.1, 0.15) is 93.6 Å². The van der Waals surface area contributed by atoms with Crippen LogP contribution in [0, 0.1) is 0 Å². The number of carboxylic acid groups (broad SMARTS) is 1. The van der Waals surface area contributed by atoms with E-state index >= 15 is 0 Å². The number of rotatable bonds is 14. The molecule has 8 heterocycles. The summed E-state index contributed by atoms with van der Waals surface area (Å²) in [6.07, 6.45) is 7.76. The van der Waals surface area contributed by atoms with E-state index in [1.165, 1.54) is 54.9 Å². The molecule has 6 atom stereocenters. The van der Waals surface area contributed by atoms with Crippen molar-refractivity contribution in [2.45, 2.75) is 92.5 Å². The van der Waals surface area contributed by atoms with Crippen LogP contribution < -0.4 is 30.1 Å². The molecular weight excluding hydrogens is 1890 g/mol. The van der Waals surface area contributed by atoms with Crippen molar-refractivity contribution in [1.29, 1.82) is 0 Å². The number of halogens is 4. The molecule has 0 spiro atoms. The van der Waals surface area contributed by atoms with Crippen LogP contribution in [0.15, 0.2) is 246 Å². The number of sulfonamides is 3. The number of hydrogen-bond acceptors (Lipinski definition) is 19. The molecular formula is C78H81ClI3N14O12S3V. The van der Waals surface area contributed by atoms with Gasteiger partial charge in [0.2, 0.25) is 0 Å². The SMILES string of the molecule is CC1CN(C(=O)c2ccc(NS(=O)(=O)c3cccc4cccnc34)cc2)CC(C)N1.CC1CN(C(=O)c2ccc(NS(=O)(=O)c3cccc4cccnc34)cc2)CC(C)N1C(=O)c1ccccn1.CC1CNCC(C)N1.O=C(Cl)c1ccccn1.O=C(O)c1ccc(NS(=O)(=O)c2cccc3cccnc23)cc1.[I][V]([I])[I]. The van der Waals surface area contributed by atoms with E-state index in [1.54, 1.807) is 174 Å². The first-order chi connectivity index (χ1) is 53.4. The molecule has 0 aliphatic carbocycles. The Balaban J connectivity index is 0.000000173. The second-order valence-electron chi connectivity index (χ2n) is 26.2. The van der Waals surface area contributed by atoms with Crippen molar-refractivity contribution in [2.75, 3.05) is 53.4 Å². The first-order valence-corrected chi connectivity index (χ1v) is 53.3. The molecule has 11 aromatic rings. The number of nitrogens with zero attached hydrogens (tertiary/aromatic N) is 8. The summed E-state index contributed by atoms with van der Waals surface area (Å²) >= 11 is 12.5. The molecule has 0 bridgehead atoms. The average Bonchev–Trinajstić information content (AvgIpc) is 0.803. The summed E-state index contributed by atoms with van der Waals surface area (Å²) in [6, 6.07) is 55.5. The number of amides is 3. The van der Waals surface area contributed by atoms with Crippen LogP contribution in [-0.2, 0) is 35.0 Å². The predicted octanol–water partition coefficient (Wildman–Crippen LogP) is 13.5. The molecule has 3 amide bonds. The number of anilines is 3. The van der Waals surface area contributed by atoms with Crippen LogP contribution in [0.4, 0.5) is 17.1 Å². The van der Waals surface area contributed by atoms with E-state index in [4.69, 9.17) is 16.7 Å². The van der Waals surface area contributed by atoms with Crippen molar-refractivity contribution in [3.8, 4) is 0 Å². The Labute approximate surface area is 693 Å². The van der Waals surface area contributed by atoms with Gasteiger partial charge in [0.05, 0.1) is 22.1 Å². The normalized spacial score (nSPS) is 17.5. The Morgan fingerprint density at radius 1 is 0.411 bits per heavy atom. The number of hydrogen-bond donors (Lipinski definition) is 7. The zero-order valence-corrected chi connectivity index (χ0v) is 72.4. The molecule has 5 aromatic heterocycles. The maximum atomic E-state index is 13.3. The van der Waals surface area contributed by atoms with Crippen molar-refractivity contribution in [3.63, 3.8) is 0 Å². The van der Waals surface area contributed by atoms with Crippen LogP contribution in [0.5, 0.6) is 0 Å². The Morgan fingerprint density at radius 3 is 1.04 bits per heavy atom. The molecule has 14 rings (SSSR count). The number of nitrogens with one attached hydrogen (secondary N) is 6. The predicted molar refractivity (Wildman–Crippen MR) is 459 cm³/mol. The summed E-state index contributed by atoms with van der Waals surface area (Å²) in [5.74, 6) is -1.46. The van der Waals surface area contributed by atoms with Crippen molar-refractivity contribution < 1.29 is 59.3 Å². The number of carbonyl (C=O) groups is 5. The van der Waals surface area contributed by atoms with E-state index in [2.05, 4.69) is 143 Å². The Hall–Kier alpha value is -8.41. The third-order valence-corrected chi connectivity index (χ3v) is 21.7. The van der Waals surface area contributed by atoms with Crippen molar-refractivity contribution in [1.82, 2.24) is 55.6 Å². The number of carboxylic acids is 1. The summed E-state index contributed by atoms with van der Waals surface area (Å²) < 4.78 is 84.7. The molecule has 26 nitrogen and oxygen atoms in total. The molecule has 3 fully saturated rings. The number of benzene rings is 6. The average molecular weight is 1970 g/mol. The van der Waals surface area contributed by atoms with Gasteiger partial charge in [-0.25, -0.2) is 30.0 Å². The van der Waals surface area contributed by atoms with Gasteiger partial charge in [-0.2, -0.15) is 0 Å². The van der Waals surface area contributed by atoms with E-state index in [0.717, 1.165) is 29.2 Å². The zero-order chi connectivity index (χ0) is 80.9. The molecule has 6 unspecified atom stereocenters. The zero-order valence-electron chi connectivity index (χ0n) is 61.3. The Bertz CT molecular complexity index is 5390. The second-order valence-corrected chi connectivity index (χ2v) is 66.8. The number of para-hydroxylation sites is 3. The summed E-state index contributed by atoms with van der Waals surface area (Å²) in [7, 11) is -11.6. The topological polar surface area (TPSA) is 354 Å². The molecule has 34 heteroatoms. The summed E-state index contributed by atoms with van der Waals surface area (Å²) in [5.41, 5.74) is 3.91. The molecule has 0 saturated carbocycles. The summed E-state index contributed by atoms with van der Waals surface area (Å²) in [4.78, 5) is 86.0. The van der Waals surface area contributed by atoms with Crippen LogP contribution in [0.3, 0.4) is 0 Å². The first-order valence-electron chi connectivity index (χ1n) is 34.9. The molecule has 3 aliphatic rings. The third kappa shape index (κ3) is 24.8. The van der Waals surface area contributed by atoms with Gasteiger partial charge < -0.3 is 35.8 Å². The third-order valence-electron chi connectivity index (χ3n) is 17.3. The number of fused-ring (bicyclic) bond motifs is 3. The maximum absolute atomic E-state index is 13.3. The van der Waals surface area contributed by atoms with Gasteiger partial charge in [-0.3, -0.25) is 58.3 Å². The molecule has 112 heavy (non-hydrogen) atoms.